The Labute approximate surface area is 132 Å². The Balaban J connectivity index is 1.86. The number of rotatable bonds is 6. The number of aliphatic hydroxyl groups is 1. The van der Waals surface area contributed by atoms with E-state index in [4.69, 9.17) is 23.2 Å². The van der Waals surface area contributed by atoms with Crippen LogP contribution in [0.3, 0.4) is 0 Å². The molecule has 0 aliphatic rings. The Morgan fingerprint density at radius 3 is 2.85 bits per heavy atom. The number of nitrogens with zero attached hydrogens (tertiary/aromatic N) is 2. The highest BCUT2D eigenvalue weighted by Gasteiger charge is 2.16. The first kappa shape index (κ1) is 15.7. The molecule has 0 saturated heterocycles. The highest BCUT2D eigenvalue weighted by Crippen LogP contribution is 2.28. The predicted molar refractivity (Wildman–Crippen MR) is 85.2 cm³/mol. The summed E-state index contributed by atoms with van der Waals surface area (Å²) >= 11 is 13.4. The summed E-state index contributed by atoms with van der Waals surface area (Å²) in [6.45, 7) is 2.75. The topological polar surface area (TPSA) is 38.0 Å². The summed E-state index contributed by atoms with van der Waals surface area (Å²) < 4.78 is 1.96. The zero-order chi connectivity index (χ0) is 14.5. The van der Waals surface area contributed by atoms with Crippen LogP contribution in [0.25, 0.3) is 0 Å². The smallest absolute Gasteiger partial charge is 0.104 e. The minimum absolute atomic E-state index is 0.125. The number of hydrogen-bond acceptors (Lipinski definition) is 3. The van der Waals surface area contributed by atoms with Crippen LogP contribution < -0.4 is 0 Å². The number of halogens is 2. The van der Waals surface area contributed by atoms with Crippen LogP contribution in [0.15, 0.2) is 36.9 Å². The van der Waals surface area contributed by atoms with Crippen LogP contribution in [0.1, 0.15) is 12.5 Å². The first-order chi connectivity index (χ1) is 9.56. The monoisotopic (exact) mass is 330 g/mol. The molecule has 0 amide bonds. The number of imidazole rings is 1. The molecule has 3 nitrogen and oxygen atoms in total. The summed E-state index contributed by atoms with van der Waals surface area (Å²) in [5.41, 5.74) is 0.527. The number of benzene rings is 1. The van der Waals surface area contributed by atoms with Gasteiger partial charge in [-0.3, -0.25) is 0 Å². The van der Waals surface area contributed by atoms with Crippen LogP contribution in [0.2, 0.25) is 10.0 Å². The predicted octanol–water partition coefficient (Wildman–Crippen LogP) is 4.08. The molecule has 1 aromatic heterocycles. The van der Waals surface area contributed by atoms with E-state index in [1.165, 1.54) is 11.8 Å². The van der Waals surface area contributed by atoms with Gasteiger partial charge < -0.3 is 9.67 Å². The Morgan fingerprint density at radius 1 is 1.40 bits per heavy atom. The fraction of sp³-hybridized carbons (Fsp3) is 0.357. The second kappa shape index (κ2) is 7.36. The summed E-state index contributed by atoms with van der Waals surface area (Å²) in [5.74, 6) is 0.783. The van der Waals surface area contributed by atoms with Crippen molar-refractivity contribution in [1.29, 1.82) is 0 Å². The molecule has 6 heteroatoms. The first-order valence-corrected chi connectivity index (χ1v) is 8.06. The minimum atomic E-state index is -0.454. The van der Waals surface area contributed by atoms with E-state index in [1.807, 2.05) is 29.8 Å². The molecule has 0 aliphatic carbocycles. The molecule has 2 unspecified atom stereocenters. The van der Waals surface area contributed by atoms with E-state index in [0.717, 1.165) is 12.1 Å². The van der Waals surface area contributed by atoms with E-state index >= 15 is 0 Å². The van der Waals surface area contributed by atoms with Crippen LogP contribution in [0, 0.1) is 5.92 Å². The van der Waals surface area contributed by atoms with Gasteiger partial charge in [-0.1, -0.05) is 36.2 Å². The van der Waals surface area contributed by atoms with Gasteiger partial charge in [0.1, 0.15) is 5.44 Å². The molecule has 0 radical (unpaired) electrons. The van der Waals surface area contributed by atoms with Crippen molar-refractivity contribution in [2.75, 3.05) is 0 Å². The number of aromatic nitrogens is 2. The van der Waals surface area contributed by atoms with Crippen molar-refractivity contribution in [3.05, 3.63) is 52.5 Å². The van der Waals surface area contributed by atoms with Gasteiger partial charge in [-0.25, -0.2) is 4.98 Å². The van der Waals surface area contributed by atoms with Crippen molar-refractivity contribution < 1.29 is 5.11 Å². The summed E-state index contributed by atoms with van der Waals surface area (Å²) in [5, 5.41) is 11.4. The lowest BCUT2D eigenvalue weighted by molar-refractivity contribution is 0.188. The van der Waals surface area contributed by atoms with Gasteiger partial charge in [0.05, 0.1) is 6.33 Å². The fourth-order valence-corrected chi connectivity index (χ4v) is 3.37. The van der Waals surface area contributed by atoms with Gasteiger partial charge in [0.15, 0.2) is 0 Å². The molecule has 0 spiro atoms. The molecule has 108 valence electrons. The maximum atomic E-state index is 10.2. The molecule has 2 atom stereocenters. The van der Waals surface area contributed by atoms with E-state index in [2.05, 4.69) is 4.98 Å². The zero-order valence-electron chi connectivity index (χ0n) is 11.0. The summed E-state index contributed by atoms with van der Waals surface area (Å²) in [6, 6.07) is 5.43. The Kier molecular flexibility index (Phi) is 5.78. The van der Waals surface area contributed by atoms with Crippen LogP contribution in [0.4, 0.5) is 0 Å². The van der Waals surface area contributed by atoms with Gasteiger partial charge in [0.25, 0.3) is 0 Å². The van der Waals surface area contributed by atoms with Gasteiger partial charge in [-0.15, -0.1) is 11.8 Å². The number of hydrogen-bond donors (Lipinski definition) is 1. The van der Waals surface area contributed by atoms with Crippen molar-refractivity contribution in [2.45, 2.75) is 24.7 Å². The number of thioether (sulfide) groups is 1. The van der Waals surface area contributed by atoms with Crippen molar-refractivity contribution in [3.8, 4) is 0 Å². The lowest BCUT2D eigenvalue weighted by Crippen LogP contribution is -2.19. The van der Waals surface area contributed by atoms with Gasteiger partial charge >= 0.3 is 0 Å². The average molecular weight is 331 g/mol. The molecule has 2 aromatic rings. The van der Waals surface area contributed by atoms with Gasteiger partial charge in [-0.05, 0) is 17.7 Å². The van der Waals surface area contributed by atoms with E-state index in [9.17, 15) is 5.11 Å². The molecule has 1 heterocycles. The van der Waals surface area contributed by atoms with E-state index < -0.39 is 5.44 Å². The molecular formula is C14H16Cl2N2OS. The third-order valence-corrected chi connectivity index (χ3v) is 4.84. The Morgan fingerprint density at radius 2 is 2.20 bits per heavy atom. The van der Waals surface area contributed by atoms with Gasteiger partial charge in [0.2, 0.25) is 0 Å². The quantitative estimate of drug-likeness (QED) is 0.811. The van der Waals surface area contributed by atoms with Gasteiger partial charge in [-0.2, -0.15) is 0 Å². The van der Waals surface area contributed by atoms with Crippen molar-refractivity contribution >= 4 is 35.0 Å². The van der Waals surface area contributed by atoms with Crippen molar-refractivity contribution in [2.24, 2.45) is 5.92 Å². The Bertz CT molecular complexity index is 548. The van der Waals surface area contributed by atoms with E-state index in [0.29, 0.717) is 15.8 Å². The van der Waals surface area contributed by atoms with Crippen molar-refractivity contribution in [1.82, 2.24) is 9.55 Å². The average Bonchev–Trinajstić information content (AvgIpc) is 2.90. The maximum Gasteiger partial charge on any atom is 0.104 e. The molecular weight excluding hydrogens is 315 g/mol. The fourth-order valence-electron chi connectivity index (χ4n) is 1.80. The molecule has 0 aliphatic heterocycles. The number of aliphatic hydroxyl groups excluding tert-OH is 1. The molecule has 1 aromatic carbocycles. The van der Waals surface area contributed by atoms with Crippen LogP contribution in [-0.4, -0.2) is 20.1 Å². The summed E-state index contributed by atoms with van der Waals surface area (Å²) in [6.07, 6.45) is 5.38. The minimum Gasteiger partial charge on any atom is -0.382 e. The molecule has 2 rings (SSSR count). The lowest BCUT2D eigenvalue weighted by atomic mass is 10.2. The second-order valence-electron chi connectivity index (χ2n) is 4.67. The van der Waals surface area contributed by atoms with Crippen LogP contribution in [0.5, 0.6) is 0 Å². The molecule has 0 saturated carbocycles. The zero-order valence-corrected chi connectivity index (χ0v) is 13.4. The standard InChI is InChI=1S/C14H16Cl2N2OS/c1-10(7-18-5-4-17-9-18)14(19)20-8-11-2-3-12(15)6-13(11)16/h2-6,9-10,14,19H,7-8H2,1H3. The Hall–Kier alpha value is -0.680. The van der Waals surface area contributed by atoms with E-state index in [-0.39, 0.29) is 5.92 Å². The largest absolute Gasteiger partial charge is 0.382 e. The van der Waals surface area contributed by atoms with E-state index in [1.54, 1.807) is 18.6 Å². The highest BCUT2D eigenvalue weighted by atomic mass is 35.5. The summed E-state index contributed by atoms with van der Waals surface area (Å²) in [7, 11) is 0. The van der Waals surface area contributed by atoms with Gasteiger partial charge in [0, 0.05) is 40.7 Å². The first-order valence-electron chi connectivity index (χ1n) is 6.25. The SMILES string of the molecule is CC(Cn1ccnc1)C(O)SCc1ccc(Cl)cc1Cl. The normalized spacial score (nSPS) is 14.2. The summed E-state index contributed by atoms with van der Waals surface area (Å²) in [4.78, 5) is 3.99. The van der Waals surface area contributed by atoms with Crippen LogP contribution in [-0.2, 0) is 12.3 Å². The van der Waals surface area contributed by atoms with Crippen molar-refractivity contribution in [3.63, 3.8) is 0 Å². The van der Waals surface area contributed by atoms with Crippen LogP contribution >= 0.6 is 35.0 Å². The third-order valence-electron chi connectivity index (χ3n) is 2.97. The molecule has 0 bridgehead atoms. The third kappa shape index (κ3) is 4.42. The highest BCUT2D eigenvalue weighted by molar-refractivity contribution is 7.98. The second-order valence-corrected chi connectivity index (χ2v) is 6.62. The maximum absolute atomic E-state index is 10.2. The molecule has 20 heavy (non-hydrogen) atoms. The molecule has 0 fully saturated rings. The lowest BCUT2D eigenvalue weighted by Gasteiger charge is -2.19. The molecule has 1 N–H and O–H groups in total.